The van der Waals surface area contributed by atoms with E-state index in [1.54, 1.807) is 37.3 Å². The summed E-state index contributed by atoms with van der Waals surface area (Å²) in [6, 6.07) is 14.8. The monoisotopic (exact) mass is 414 g/mol. The van der Waals surface area contributed by atoms with Crippen LogP contribution in [-0.2, 0) is 14.8 Å². The smallest absolute Gasteiger partial charge is 0.315 e. The number of nitrogens with zero attached hydrogens (tertiary/aromatic N) is 2. The van der Waals surface area contributed by atoms with Gasteiger partial charge in [-0.15, -0.1) is 0 Å². The van der Waals surface area contributed by atoms with Crippen molar-refractivity contribution in [3.05, 3.63) is 54.1 Å². The molecule has 3 rings (SSSR count). The van der Waals surface area contributed by atoms with Gasteiger partial charge in [0.1, 0.15) is 0 Å². The fourth-order valence-corrected chi connectivity index (χ4v) is 4.76. The fraction of sp³-hybridized carbons (Fsp3) is 0.333. The van der Waals surface area contributed by atoms with Gasteiger partial charge in [-0.3, -0.25) is 4.79 Å². The first-order valence-electron chi connectivity index (χ1n) is 9.39. The van der Waals surface area contributed by atoms with Gasteiger partial charge in [0, 0.05) is 19.2 Å². The number of carbonyl (C=O) groups excluding carboxylic acids is 1. The van der Waals surface area contributed by atoms with Crippen molar-refractivity contribution in [2.45, 2.75) is 24.7 Å². The van der Waals surface area contributed by atoms with Crippen LogP contribution in [0.5, 0.6) is 11.5 Å². The number of hydrogen-bond acceptors (Lipinski definition) is 6. The molecule has 2 aromatic rings. The number of rotatable bonds is 6. The molecule has 0 N–H and O–H groups in total. The van der Waals surface area contributed by atoms with Crippen LogP contribution in [0, 0.1) is 17.2 Å². The van der Waals surface area contributed by atoms with Crippen molar-refractivity contribution < 1.29 is 22.7 Å². The molecular formula is C21H22N2O5S. The Kier molecular flexibility index (Phi) is 6.52. The van der Waals surface area contributed by atoms with Gasteiger partial charge in [0.05, 0.1) is 29.1 Å². The van der Waals surface area contributed by atoms with E-state index in [0.29, 0.717) is 37.3 Å². The van der Waals surface area contributed by atoms with Crippen LogP contribution in [0.3, 0.4) is 0 Å². The highest BCUT2D eigenvalue weighted by Crippen LogP contribution is 2.31. The van der Waals surface area contributed by atoms with Crippen LogP contribution < -0.4 is 9.47 Å². The molecule has 8 heteroatoms. The number of nitriles is 1. The Bertz CT molecular complexity index is 1020. The molecule has 29 heavy (non-hydrogen) atoms. The maximum absolute atomic E-state index is 12.8. The fourth-order valence-electron chi connectivity index (χ4n) is 3.22. The molecule has 0 saturated carbocycles. The van der Waals surface area contributed by atoms with Crippen molar-refractivity contribution in [2.75, 3.05) is 19.7 Å². The standard InChI is InChI=1S/C21H22N2O5S/c1-2-27-20-13-16(14-22)10-11-19(20)28-21(24)17-7-6-12-23(15-17)29(25,26)18-8-4-3-5-9-18/h3-5,8-11,13,17H,2,6-7,12,15H2,1H3. The first kappa shape index (κ1) is 20.8. The molecule has 0 amide bonds. The summed E-state index contributed by atoms with van der Waals surface area (Å²) >= 11 is 0. The summed E-state index contributed by atoms with van der Waals surface area (Å²) < 4.78 is 38.0. The van der Waals surface area contributed by atoms with E-state index in [2.05, 4.69) is 0 Å². The van der Waals surface area contributed by atoms with E-state index in [-0.39, 0.29) is 17.2 Å². The van der Waals surface area contributed by atoms with Gasteiger partial charge in [-0.05, 0) is 44.0 Å². The van der Waals surface area contributed by atoms with Crippen molar-refractivity contribution in [3.63, 3.8) is 0 Å². The van der Waals surface area contributed by atoms with Crippen LogP contribution in [0.2, 0.25) is 0 Å². The van der Waals surface area contributed by atoms with Gasteiger partial charge < -0.3 is 9.47 Å². The molecule has 1 saturated heterocycles. The zero-order valence-electron chi connectivity index (χ0n) is 16.1. The second kappa shape index (κ2) is 9.07. The average Bonchev–Trinajstić information content (AvgIpc) is 2.75. The highest BCUT2D eigenvalue weighted by molar-refractivity contribution is 7.89. The molecule has 1 heterocycles. The zero-order valence-corrected chi connectivity index (χ0v) is 16.9. The topological polar surface area (TPSA) is 96.7 Å². The first-order valence-corrected chi connectivity index (χ1v) is 10.8. The SMILES string of the molecule is CCOc1cc(C#N)ccc1OC(=O)C1CCCN(S(=O)(=O)c2ccccc2)C1. The molecule has 1 fully saturated rings. The lowest BCUT2D eigenvalue weighted by Crippen LogP contribution is -2.43. The third-order valence-corrected chi connectivity index (χ3v) is 6.56. The third kappa shape index (κ3) is 4.75. The van der Waals surface area contributed by atoms with E-state index in [1.807, 2.05) is 6.07 Å². The van der Waals surface area contributed by atoms with Crippen molar-refractivity contribution in [3.8, 4) is 17.6 Å². The summed E-state index contributed by atoms with van der Waals surface area (Å²) in [4.78, 5) is 12.9. The van der Waals surface area contributed by atoms with Gasteiger partial charge in [-0.1, -0.05) is 18.2 Å². The lowest BCUT2D eigenvalue weighted by Gasteiger charge is -2.30. The number of hydrogen-bond donors (Lipinski definition) is 0. The Morgan fingerprint density at radius 1 is 1.21 bits per heavy atom. The molecule has 1 unspecified atom stereocenters. The van der Waals surface area contributed by atoms with E-state index >= 15 is 0 Å². The van der Waals surface area contributed by atoms with Crippen LogP contribution >= 0.6 is 0 Å². The summed E-state index contributed by atoms with van der Waals surface area (Å²) in [6.07, 6.45) is 1.11. The lowest BCUT2D eigenvalue weighted by molar-refractivity contribution is -0.140. The molecule has 7 nitrogen and oxygen atoms in total. The quantitative estimate of drug-likeness (QED) is 0.533. The maximum atomic E-state index is 12.8. The molecule has 0 bridgehead atoms. The van der Waals surface area contributed by atoms with Gasteiger partial charge in [0.25, 0.3) is 0 Å². The molecule has 1 aliphatic heterocycles. The minimum absolute atomic E-state index is 0.0658. The molecule has 0 spiro atoms. The predicted molar refractivity (Wildman–Crippen MR) is 106 cm³/mol. The molecule has 152 valence electrons. The summed E-state index contributed by atoms with van der Waals surface area (Å²) in [6.45, 7) is 2.57. The van der Waals surface area contributed by atoms with Gasteiger partial charge in [-0.2, -0.15) is 9.57 Å². The average molecular weight is 414 g/mol. The van der Waals surface area contributed by atoms with Gasteiger partial charge >= 0.3 is 5.97 Å². The Balaban J connectivity index is 1.75. The lowest BCUT2D eigenvalue weighted by atomic mass is 10.00. The van der Waals surface area contributed by atoms with Crippen LogP contribution in [0.25, 0.3) is 0 Å². The Morgan fingerprint density at radius 2 is 1.97 bits per heavy atom. The Hall–Kier alpha value is -2.89. The normalized spacial score (nSPS) is 17.3. The molecule has 1 atom stereocenters. The van der Waals surface area contributed by atoms with Crippen molar-refractivity contribution in [1.29, 1.82) is 5.26 Å². The molecular weight excluding hydrogens is 392 g/mol. The summed E-state index contributed by atoms with van der Waals surface area (Å²) in [5, 5.41) is 9.03. The summed E-state index contributed by atoms with van der Waals surface area (Å²) in [7, 11) is -3.66. The molecule has 0 radical (unpaired) electrons. The highest BCUT2D eigenvalue weighted by atomic mass is 32.2. The molecule has 0 aliphatic carbocycles. The number of piperidine rings is 1. The van der Waals surface area contributed by atoms with Crippen LogP contribution in [0.1, 0.15) is 25.3 Å². The van der Waals surface area contributed by atoms with Crippen molar-refractivity contribution in [1.82, 2.24) is 4.31 Å². The van der Waals surface area contributed by atoms with E-state index in [4.69, 9.17) is 14.7 Å². The van der Waals surface area contributed by atoms with Crippen molar-refractivity contribution in [2.24, 2.45) is 5.92 Å². The summed E-state index contributed by atoms with van der Waals surface area (Å²) in [5.41, 5.74) is 0.394. The third-order valence-electron chi connectivity index (χ3n) is 4.68. The molecule has 0 aromatic heterocycles. The van der Waals surface area contributed by atoms with Crippen LogP contribution in [0.15, 0.2) is 53.4 Å². The number of ether oxygens (including phenoxy) is 2. The predicted octanol–water partition coefficient (Wildman–Crippen LogP) is 2.96. The number of sulfonamides is 1. The van der Waals surface area contributed by atoms with Gasteiger partial charge in [0.2, 0.25) is 10.0 Å². The Labute approximate surface area is 170 Å². The van der Waals surface area contributed by atoms with Crippen LogP contribution in [0.4, 0.5) is 0 Å². The second-order valence-corrected chi connectivity index (χ2v) is 8.58. The largest absolute Gasteiger partial charge is 0.490 e. The van der Waals surface area contributed by atoms with E-state index in [9.17, 15) is 13.2 Å². The second-order valence-electron chi connectivity index (χ2n) is 6.64. The number of esters is 1. The number of carbonyl (C=O) groups is 1. The van der Waals surface area contributed by atoms with E-state index in [1.165, 1.54) is 22.5 Å². The Morgan fingerprint density at radius 3 is 2.66 bits per heavy atom. The first-order chi connectivity index (χ1) is 14.0. The molecule has 2 aromatic carbocycles. The molecule has 1 aliphatic rings. The zero-order chi connectivity index (χ0) is 20.9. The highest BCUT2D eigenvalue weighted by Gasteiger charge is 2.34. The van der Waals surface area contributed by atoms with Crippen LogP contribution in [-0.4, -0.2) is 38.4 Å². The minimum atomic E-state index is -3.66. The number of benzene rings is 2. The minimum Gasteiger partial charge on any atom is -0.490 e. The van der Waals surface area contributed by atoms with Gasteiger partial charge in [-0.25, -0.2) is 8.42 Å². The maximum Gasteiger partial charge on any atom is 0.315 e. The van der Waals surface area contributed by atoms with Gasteiger partial charge in [0.15, 0.2) is 11.5 Å². The van der Waals surface area contributed by atoms with Crippen molar-refractivity contribution >= 4 is 16.0 Å². The summed E-state index contributed by atoms with van der Waals surface area (Å²) in [5.74, 6) is -0.556. The van der Waals surface area contributed by atoms with E-state index in [0.717, 1.165) is 0 Å². The van der Waals surface area contributed by atoms with E-state index < -0.39 is 21.9 Å².